The van der Waals surface area contributed by atoms with Crippen molar-refractivity contribution in [2.75, 3.05) is 13.7 Å². The maximum absolute atomic E-state index is 13.8. The Balaban J connectivity index is 1.95. The highest BCUT2D eigenvalue weighted by atomic mass is 35.5. The van der Waals surface area contributed by atoms with Gasteiger partial charge in [-0.3, -0.25) is 14.2 Å². The zero-order valence-electron chi connectivity index (χ0n) is 20.6. The van der Waals surface area contributed by atoms with E-state index >= 15 is 0 Å². The molecule has 0 saturated carbocycles. The van der Waals surface area contributed by atoms with Crippen molar-refractivity contribution in [1.29, 1.82) is 0 Å². The van der Waals surface area contributed by atoms with Gasteiger partial charge < -0.3 is 14.2 Å². The van der Waals surface area contributed by atoms with Crippen LogP contribution in [-0.2, 0) is 14.3 Å². The molecule has 2 heterocycles. The maximum Gasteiger partial charge on any atom is 0.338 e. The number of carbonyl (C=O) groups excluding carboxylic acids is 2. The summed E-state index contributed by atoms with van der Waals surface area (Å²) in [6.45, 7) is 6.52. The fourth-order valence-corrected chi connectivity index (χ4v) is 5.46. The zero-order chi connectivity index (χ0) is 27.6. The Labute approximate surface area is 231 Å². The molecule has 8 nitrogen and oxygen atoms in total. The van der Waals surface area contributed by atoms with E-state index in [9.17, 15) is 14.4 Å². The number of thiazole rings is 1. The van der Waals surface area contributed by atoms with Crippen molar-refractivity contribution >= 4 is 52.6 Å². The Bertz CT molecular complexity index is 1670. The molecule has 0 aliphatic carbocycles. The zero-order valence-corrected chi connectivity index (χ0v) is 22.9. The van der Waals surface area contributed by atoms with Crippen molar-refractivity contribution in [3.05, 3.63) is 101 Å². The van der Waals surface area contributed by atoms with E-state index in [2.05, 4.69) is 11.6 Å². The van der Waals surface area contributed by atoms with Crippen LogP contribution in [0.5, 0.6) is 11.5 Å². The summed E-state index contributed by atoms with van der Waals surface area (Å²) in [5, 5.41) is 0.855. The van der Waals surface area contributed by atoms with Crippen molar-refractivity contribution in [2.45, 2.75) is 19.9 Å². The summed E-state index contributed by atoms with van der Waals surface area (Å²) in [5.41, 5.74) is 1.32. The molecule has 1 aliphatic rings. The highest BCUT2D eigenvalue weighted by molar-refractivity contribution is 7.07. The summed E-state index contributed by atoms with van der Waals surface area (Å²) in [6, 6.07) is 8.88. The van der Waals surface area contributed by atoms with Crippen molar-refractivity contribution < 1.29 is 23.8 Å². The van der Waals surface area contributed by atoms with Crippen LogP contribution in [0.3, 0.4) is 0 Å². The van der Waals surface area contributed by atoms with Gasteiger partial charge in [0.2, 0.25) is 0 Å². The molecular weight excluding hydrogens is 551 g/mol. The molecule has 0 fully saturated rings. The first-order valence-electron chi connectivity index (χ1n) is 11.3. The van der Waals surface area contributed by atoms with Crippen LogP contribution >= 0.6 is 34.5 Å². The quantitative estimate of drug-likeness (QED) is 0.239. The van der Waals surface area contributed by atoms with Crippen LogP contribution in [0.25, 0.3) is 6.08 Å². The van der Waals surface area contributed by atoms with Crippen LogP contribution < -0.4 is 24.4 Å². The van der Waals surface area contributed by atoms with Gasteiger partial charge in [-0.05, 0) is 48.4 Å². The lowest BCUT2D eigenvalue weighted by atomic mass is 9.95. The van der Waals surface area contributed by atoms with Crippen molar-refractivity contribution in [3.8, 4) is 11.5 Å². The first-order chi connectivity index (χ1) is 18.1. The number of aromatic nitrogens is 1. The number of rotatable bonds is 7. The van der Waals surface area contributed by atoms with Gasteiger partial charge in [0.1, 0.15) is 6.61 Å². The molecule has 4 rings (SSSR count). The van der Waals surface area contributed by atoms with E-state index in [0.717, 1.165) is 11.3 Å². The lowest BCUT2D eigenvalue weighted by Gasteiger charge is -2.25. The maximum atomic E-state index is 13.8. The number of fused-ring (bicyclic) bond motifs is 1. The van der Waals surface area contributed by atoms with E-state index in [1.54, 1.807) is 49.4 Å². The van der Waals surface area contributed by atoms with Crippen LogP contribution in [0, 0.1) is 0 Å². The second-order valence-corrected chi connectivity index (χ2v) is 9.99. The molecule has 0 amide bonds. The highest BCUT2D eigenvalue weighted by Crippen LogP contribution is 2.36. The van der Waals surface area contributed by atoms with Crippen LogP contribution in [0.1, 0.15) is 31.0 Å². The number of nitrogens with zero attached hydrogens (tertiary/aromatic N) is 2. The molecule has 38 heavy (non-hydrogen) atoms. The van der Waals surface area contributed by atoms with Crippen LogP contribution in [0.2, 0.25) is 10.0 Å². The van der Waals surface area contributed by atoms with Gasteiger partial charge in [-0.1, -0.05) is 59.3 Å². The van der Waals surface area contributed by atoms with Crippen LogP contribution in [0.4, 0.5) is 0 Å². The normalized spacial score (nSPS) is 15.0. The molecule has 0 spiro atoms. The summed E-state index contributed by atoms with van der Waals surface area (Å²) < 4.78 is 17.8. The molecule has 1 unspecified atom stereocenters. The Hall–Kier alpha value is -3.66. The number of carbonyl (C=O) groups is 2. The summed E-state index contributed by atoms with van der Waals surface area (Å²) in [6.07, 6.45) is 3.10. The molecule has 1 aliphatic heterocycles. The standard InChI is InChI=1S/C27H22Cl2N2O6S/c1-5-10-36-26(34)23-14(2)30-27-31(24(23)17-7-9-20(37-15(3)32)21(11-17)35-4)25(33)22(38-27)12-16-6-8-18(28)13-19(16)29/h5-9,11-13,24H,1,10H2,2-4H3. The average Bonchev–Trinajstić information content (AvgIpc) is 3.17. The SMILES string of the molecule is C=CCOC(=O)C1=C(C)N=c2sc(=Cc3ccc(Cl)cc3Cl)c(=O)n2C1c1ccc(OC(C)=O)c(OC)c1. The fraction of sp³-hybridized carbons (Fsp3) is 0.185. The molecule has 1 aromatic heterocycles. The van der Waals surface area contributed by atoms with Gasteiger partial charge in [0.05, 0.1) is 29.0 Å². The Kier molecular flexibility index (Phi) is 8.20. The predicted molar refractivity (Wildman–Crippen MR) is 146 cm³/mol. The third-order valence-electron chi connectivity index (χ3n) is 5.58. The summed E-state index contributed by atoms with van der Waals surface area (Å²) >= 11 is 13.5. The molecule has 2 aromatic carbocycles. The van der Waals surface area contributed by atoms with Gasteiger partial charge >= 0.3 is 11.9 Å². The van der Waals surface area contributed by atoms with E-state index in [4.69, 9.17) is 37.4 Å². The second-order valence-electron chi connectivity index (χ2n) is 8.14. The summed E-state index contributed by atoms with van der Waals surface area (Å²) in [5.74, 6) is -0.713. The van der Waals surface area contributed by atoms with E-state index < -0.39 is 18.0 Å². The number of hydrogen-bond donors (Lipinski definition) is 0. The second kappa shape index (κ2) is 11.4. The molecule has 1 atom stereocenters. The topological polar surface area (TPSA) is 96.2 Å². The van der Waals surface area contributed by atoms with Crippen molar-refractivity contribution in [3.63, 3.8) is 0 Å². The van der Waals surface area contributed by atoms with Gasteiger partial charge in [0.15, 0.2) is 16.3 Å². The molecule has 196 valence electrons. The Morgan fingerprint density at radius 1 is 1.18 bits per heavy atom. The lowest BCUT2D eigenvalue weighted by molar-refractivity contribution is -0.138. The third kappa shape index (κ3) is 5.45. The van der Waals surface area contributed by atoms with Gasteiger partial charge in [0.25, 0.3) is 5.56 Å². The largest absolute Gasteiger partial charge is 0.493 e. The molecule has 11 heteroatoms. The Morgan fingerprint density at radius 3 is 2.61 bits per heavy atom. The number of allylic oxidation sites excluding steroid dienone is 1. The van der Waals surface area contributed by atoms with E-state index in [1.807, 2.05) is 0 Å². The molecule has 0 saturated heterocycles. The number of methoxy groups -OCH3 is 1. The molecule has 0 radical (unpaired) electrons. The first-order valence-corrected chi connectivity index (χ1v) is 12.8. The molecule has 0 N–H and O–H groups in total. The smallest absolute Gasteiger partial charge is 0.338 e. The number of ether oxygens (including phenoxy) is 3. The summed E-state index contributed by atoms with van der Waals surface area (Å²) in [4.78, 5) is 43.4. The van der Waals surface area contributed by atoms with Gasteiger partial charge in [-0.15, -0.1) is 0 Å². The monoisotopic (exact) mass is 572 g/mol. The van der Waals surface area contributed by atoms with Crippen molar-refractivity contribution in [2.24, 2.45) is 4.99 Å². The minimum Gasteiger partial charge on any atom is -0.493 e. The number of halogens is 2. The number of benzene rings is 2. The van der Waals surface area contributed by atoms with Crippen molar-refractivity contribution in [1.82, 2.24) is 4.57 Å². The molecule has 3 aromatic rings. The summed E-state index contributed by atoms with van der Waals surface area (Å²) in [7, 11) is 1.42. The third-order valence-corrected chi connectivity index (χ3v) is 7.13. The van der Waals surface area contributed by atoms with Crippen LogP contribution in [0.15, 0.2) is 70.1 Å². The van der Waals surface area contributed by atoms with Gasteiger partial charge in [0, 0.05) is 17.0 Å². The lowest BCUT2D eigenvalue weighted by Crippen LogP contribution is -2.40. The number of esters is 2. The van der Waals surface area contributed by atoms with Gasteiger partial charge in [-0.2, -0.15) is 0 Å². The minimum atomic E-state index is -0.897. The van der Waals surface area contributed by atoms with Gasteiger partial charge in [-0.25, -0.2) is 9.79 Å². The van der Waals surface area contributed by atoms with E-state index in [-0.39, 0.29) is 29.2 Å². The molecule has 0 bridgehead atoms. The molecular formula is C27H22Cl2N2O6S. The number of hydrogen-bond acceptors (Lipinski definition) is 8. The highest BCUT2D eigenvalue weighted by Gasteiger charge is 2.34. The van der Waals surface area contributed by atoms with E-state index in [0.29, 0.717) is 36.2 Å². The van der Waals surface area contributed by atoms with Crippen LogP contribution in [-0.4, -0.2) is 30.2 Å². The first kappa shape index (κ1) is 27.4. The average molecular weight is 573 g/mol. The predicted octanol–water partition coefficient (Wildman–Crippen LogP) is 4.21. The fourth-order valence-electron chi connectivity index (χ4n) is 3.96. The minimum absolute atomic E-state index is 0.0173. The van der Waals surface area contributed by atoms with E-state index in [1.165, 1.54) is 24.7 Å². The Morgan fingerprint density at radius 2 is 1.95 bits per heavy atom.